The molecular weight excluding hydrogens is 417 g/mol. The molecule has 2 aromatic rings. The van der Waals surface area contributed by atoms with Crippen molar-refractivity contribution in [2.24, 2.45) is 0 Å². The van der Waals surface area contributed by atoms with Crippen molar-refractivity contribution in [3.05, 3.63) is 36.2 Å². The minimum atomic E-state index is 0.546. The van der Waals surface area contributed by atoms with Gasteiger partial charge in [-0.3, -0.25) is 0 Å². The van der Waals surface area contributed by atoms with Crippen LogP contribution in [0.25, 0.3) is 0 Å². The summed E-state index contributed by atoms with van der Waals surface area (Å²) in [4.78, 5) is 8.63. The standard InChI is InChI=1S/C15H17ClIN3O2/c1-21-13-4-3-11(9-14(13)22-8-2-6-16)19-15-18-7-5-12(10-17)20-15/h3-5,7,9H,2,6,8,10H2,1H3,(H,18,19,20). The summed E-state index contributed by atoms with van der Waals surface area (Å²) < 4.78 is 11.8. The van der Waals surface area contributed by atoms with E-state index in [4.69, 9.17) is 21.1 Å². The van der Waals surface area contributed by atoms with Gasteiger partial charge in [-0.1, -0.05) is 22.6 Å². The predicted molar refractivity (Wildman–Crippen MR) is 96.9 cm³/mol. The van der Waals surface area contributed by atoms with E-state index in [1.165, 1.54) is 0 Å². The van der Waals surface area contributed by atoms with Crippen LogP contribution in [-0.4, -0.2) is 29.6 Å². The molecule has 1 heterocycles. The van der Waals surface area contributed by atoms with Gasteiger partial charge in [0.05, 0.1) is 19.4 Å². The zero-order valence-corrected chi connectivity index (χ0v) is 15.1. The van der Waals surface area contributed by atoms with Crippen LogP contribution in [0.15, 0.2) is 30.5 Å². The van der Waals surface area contributed by atoms with Crippen molar-refractivity contribution >= 4 is 45.8 Å². The van der Waals surface area contributed by atoms with Crippen molar-refractivity contribution < 1.29 is 9.47 Å². The SMILES string of the molecule is COc1ccc(Nc2nccc(CI)n2)cc1OCCCCl. The lowest BCUT2D eigenvalue weighted by molar-refractivity contribution is 0.295. The van der Waals surface area contributed by atoms with Crippen molar-refractivity contribution in [3.63, 3.8) is 0 Å². The molecule has 0 saturated heterocycles. The van der Waals surface area contributed by atoms with Gasteiger partial charge in [0, 0.05) is 28.3 Å². The lowest BCUT2D eigenvalue weighted by atomic mass is 10.2. The molecule has 1 aromatic carbocycles. The molecule has 1 N–H and O–H groups in total. The Balaban J connectivity index is 2.14. The van der Waals surface area contributed by atoms with Crippen LogP contribution in [0, 0.1) is 0 Å². The number of benzene rings is 1. The summed E-state index contributed by atoms with van der Waals surface area (Å²) in [5, 5.41) is 3.17. The number of hydrogen-bond donors (Lipinski definition) is 1. The first-order valence-electron chi connectivity index (χ1n) is 6.78. The van der Waals surface area contributed by atoms with Crippen molar-refractivity contribution in [1.82, 2.24) is 9.97 Å². The molecule has 0 atom stereocenters. The molecule has 22 heavy (non-hydrogen) atoms. The van der Waals surface area contributed by atoms with Crippen LogP contribution in [0.3, 0.4) is 0 Å². The Morgan fingerprint density at radius 3 is 2.86 bits per heavy atom. The monoisotopic (exact) mass is 433 g/mol. The first kappa shape index (κ1) is 17.1. The summed E-state index contributed by atoms with van der Waals surface area (Å²) in [6.45, 7) is 0.546. The Labute approximate surface area is 148 Å². The molecule has 1 aromatic heterocycles. The summed E-state index contributed by atoms with van der Waals surface area (Å²) in [6, 6.07) is 7.51. The number of ether oxygens (including phenoxy) is 2. The third-order valence-electron chi connectivity index (χ3n) is 2.81. The van der Waals surface area contributed by atoms with Crippen molar-refractivity contribution in [3.8, 4) is 11.5 Å². The Kier molecular flexibility index (Phi) is 6.98. The van der Waals surface area contributed by atoms with Gasteiger partial charge >= 0.3 is 0 Å². The second-order valence-corrected chi connectivity index (χ2v) is 5.53. The first-order valence-corrected chi connectivity index (χ1v) is 8.84. The molecule has 118 valence electrons. The Morgan fingerprint density at radius 1 is 1.27 bits per heavy atom. The highest BCUT2D eigenvalue weighted by molar-refractivity contribution is 14.1. The number of aromatic nitrogens is 2. The second kappa shape index (κ2) is 8.99. The molecule has 0 aliphatic heterocycles. The Hall–Kier alpha value is -1.28. The van der Waals surface area contributed by atoms with E-state index in [1.54, 1.807) is 13.3 Å². The van der Waals surface area contributed by atoms with Crippen LogP contribution in [0.4, 0.5) is 11.6 Å². The van der Waals surface area contributed by atoms with Crippen LogP contribution in [-0.2, 0) is 4.43 Å². The second-order valence-electron chi connectivity index (χ2n) is 4.39. The van der Waals surface area contributed by atoms with Gasteiger partial charge in [-0.2, -0.15) is 0 Å². The zero-order chi connectivity index (χ0) is 15.8. The van der Waals surface area contributed by atoms with E-state index in [9.17, 15) is 0 Å². The fraction of sp³-hybridized carbons (Fsp3) is 0.333. The largest absolute Gasteiger partial charge is 0.493 e. The number of anilines is 2. The highest BCUT2D eigenvalue weighted by atomic mass is 127. The summed E-state index contributed by atoms with van der Waals surface area (Å²) in [6.07, 6.45) is 2.52. The Bertz CT molecular complexity index is 613. The normalized spacial score (nSPS) is 10.3. The van der Waals surface area contributed by atoms with Gasteiger partial charge in [0.2, 0.25) is 5.95 Å². The van der Waals surface area contributed by atoms with Gasteiger partial charge in [-0.15, -0.1) is 11.6 Å². The fourth-order valence-electron chi connectivity index (χ4n) is 1.76. The molecule has 0 aliphatic carbocycles. The number of methoxy groups -OCH3 is 1. The van der Waals surface area contributed by atoms with Crippen LogP contribution in [0.2, 0.25) is 0 Å². The molecule has 0 spiro atoms. The van der Waals surface area contributed by atoms with Crippen LogP contribution in [0.1, 0.15) is 12.1 Å². The van der Waals surface area contributed by atoms with E-state index in [-0.39, 0.29) is 0 Å². The minimum Gasteiger partial charge on any atom is -0.493 e. The number of nitrogens with zero attached hydrogens (tertiary/aromatic N) is 2. The number of hydrogen-bond acceptors (Lipinski definition) is 5. The summed E-state index contributed by atoms with van der Waals surface area (Å²) in [5.41, 5.74) is 1.82. The van der Waals surface area contributed by atoms with E-state index < -0.39 is 0 Å². The van der Waals surface area contributed by atoms with Gasteiger partial charge in [0.25, 0.3) is 0 Å². The van der Waals surface area contributed by atoms with E-state index in [2.05, 4.69) is 37.9 Å². The molecule has 0 bridgehead atoms. The summed E-state index contributed by atoms with van der Waals surface area (Å²) in [7, 11) is 1.61. The lowest BCUT2D eigenvalue weighted by Crippen LogP contribution is -2.02. The lowest BCUT2D eigenvalue weighted by Gasteiger charge is -2.12. The average Bonchev–Trinajstić information content (AvgIpc) is 2.55. The highest BCUT2D eigenvalue weighted by Gasteiger charge is 2.07. The van der Waals surface area contributed by atoms with Crippen LogP contribution < -0.4 is 14.8 Å². The Morgan fingerprint density at radius 2 is 2.14 bits per heavy atom. The van der Waals surface area contributed by atoms with Gasteiger partial charge in [-0.25, -0.2) is 9.97 Å². The minimum absolute atomic E-state index is 0.546. The molecule has 0 radical (unpaired) electrons. The topological polar surface area (TPSA) is 56.3 Å². The van der Waals surface area contributed by atoms with Gasteiger partial charge in [0.1, 0.15) is 0 Å². The van der Waals surface area contributed by atoms with Gasteiger partial charge in [-0.05, 0) is 24.6 Å². The maximum Gasteiger partial charge on any atom is 0.227 e. The zero-order valence-electron chi connectivity index (χ0n) is 12.2. The number of rotatable bonds is 8. The highest BCUT2D eigenvalue weighted by Crippen LogP contribution is 2.31. The van der Waals surface area contributed by atoms with E-state index in [0.29, 0.717) is 29.9 Å². The predicted octanol–water partition coefficient (Wildman–Crippen LogP) is 4.17. The molecule has 0 aliphatic rings. The molecule has 0 saturated carbocycles. The van der Waals surface area contributed by atoms with E-state index >= 15 is 0 Å². The number of halogens is 2. The maximum atomic E-state index is 5.70. The third-order valence-corrected chi connectivity index (χ3v) is 3.85. The van der Waals surface area contributed by atoms with Crippen molar-refractivity contribution in [1.29, 1.82) is 0 Å². The van der Waals surface area contributed by atoms with Crippen LogP contribution >= 0.6 is 34.2 Å². The molecular formula is C15H17ClIN3O2. The van der Waals surface area contributed by atoms with E-state index in [0.717, 1.165) is 22.2 Å². The molecule has 0 fully saturated rings. The van der Waals surface area contributed by atoms with E-state index in [1.807, 2.05) is 24.3 Å². The molecule has 0 unspecified atom stereocenters. The maximum absolute atomic E-state index is 5.70. The fourth-order valence-corrected chi connectivity index (χ4v) is 2.30. The van der Waals surface area contributed by atoms with Gasteiger partial charge in [0.15, 0.2) is 11.5 Å². The van der Waals surface area contributed by atoms with Gasteiger partial charge < -0.3 is 14.8 Å². The van der Waals surface area contributed by atoms with Crippen LogP contribution in [0.5, 0.6) is 11.5 Å². The molecule has 0 amide bonds. The number of nitrogens with one attached hydrogen (secondary N) is 1. The summed E-state index contributed by atoms with van der Waals surface area (Å²) >= 11 is 7.94. The molecule has 2 rings (SSSR count). The molecule has 7 heteroatoms. The number of alkyl halides is 2. The summed E-state index contributed by atoms with van der Waals surface area (Å²) in [5.74, 6) is 2.48. The quantitative estimate of drug-likeness (QED) is 0.385. The van der Waals surface area contributed by atoms with Crippen molar-refractivity contribution in [2.45, 2.75) is 10.8 Å². The first-order chi connectivity index (χ1) is 10.8. The third kappa shape index (κ3) is 4.88. The van der Waals surface area contributed by atoms with Crippen molar-refractivity contribution in [2.75, 3.05) is 24.9 Å². The average molecular weight is 434 g/mol. The molecule has 5 nitrogen and oxygen atoms in total. The smallest absolute Gasteiger partial charge is 0.227 e.